The topological polar surface area (TPSA) is 64.3 Å². The first-order valence-electron chi connectivity index (χ1n) is 6.22. The smallest absolute Gasteiger partial charge is 0.237 e. The van der Waals surface area contributed by atoms with Crippen molar-refractivity contribution in [3.8, 4) is 5.75 Å². The van der Waals surface area contributed by atoms with E-state index < -0.39 is 5.54 Å². The van der Waals surface area contributed by atoms with Gasteiger partial charge in [0.05, 0.1) is 12.1 Å². The van der Waals surface area contributed by atoms with Crippen molar-refractivity contribution in [1.29, 1.82) is 0 Å². The van der Waals surface area contributed by atoms with Crippen LogP contribution in [0.25, 0.3) is 0 Å². The van der Waals surface area contributed by atoms with Crippen molar-refractivity contribution in [2.24, 2.45) is 5.73 Å². The molecule has 0 saturated carbocycles. The van der Waals surface area contributed by atoms with Gasteiger partial charge in [0.1, 0.15) is 5.75 Å². The second-order valence-electron chi connectivity index (χ2n) is 4.54. The molecule has 0 aliphatic heterocycles. The molecular formula is C14H22N2O2. The zero-order valence-electron chi connectivity index (χ0n) is 11.3. The van der Waals surface area contributed by atoms with Crippen LogP contribution in [-0.4, -0.2) is 25.1 Å². The van der Waals surface area contributed by atoms with E-state index in [2.05, 4.69) is 12.2 Å². The molecule has 0 bridgehead atoms. The van der Waals surface area contributed by atoms with Crippen LogP contribution in [0.3, 0.4) is 0 Å². The maximum Gasteiger partial charge on any atom is 0.237 e. The van der Waals surface area contributed by atoms with Crippen LogP contribution in [0, 0.1) is 0 Å². The minimum absolute atomic E-state index is 0.366. The molecule has 0 fully saturated rings. The van der Waals surface area contributed by atoms with E-state index in [1.807, 2.05) is 24.3 Å². The van der Waals surface area contributed by atoms with Gasteiger partial charge in [-0.1, -0.05) is 19.1 Å². The van der Waals surface area contributed by atoms with E-state index in [-0.39, 0.29) is 5.91 Å². The van der Waals surface area contributed by atoms with Crippen molar-refractivity contribution in [2.75, 3.05) is 13.7 Å². The Morgan fingerprint density at radius 1 is 1.39 bits per heavy atom. The largest absolute Gasteiger partial charge is 0.494 e. The summed E-state index contributed by atoms with van der Waals surface area (Å²) in [6, 6.07) is 7.97. The normalized spacial score (nSPS) is 13.9. The van der Waals surface area contributed by atoms with Gasteiger partial charge in [0.25, 0.3) is 0 Å². The zero-order chi connectivity index (χ0) is 13.6. The molecule has 18 heavy (non-hydrogen) atoms. The summed E-state index contributed by atoms with van der Waals surface area (Å²) in [6.07, 6.45) is 1.55. The molecule has 0 aromatic heterocycles. The summed E-state index contributed by atoms with van der Waals surface area (Å²) in [7, 11) is 1.72. The summed E-state index contributed by atoms with van der Waals surface area (Å²) in [5, 5.41) is 2.93. The maximum atomic E-state index is 11.3. The molecule has 0 aliphatic carbocycles. The van der Waals surface area contributed by atoms with E-state index in [1.54, 1.807) is 14.0 Å². The Kier molecular flexibility index (Phi) is 5.16. The fourth-order valence-electron chi connectivity index (χ4n) is 1.57. The molecule has 1 atom stereocenters. The van der Waals surface area contributed by atoms with Crippen LogP contribution in [-0.2, 0) is 11.2 Å². The molecule has 1 rings (SSSR count). The Bertz CT molecular complexity index is 389. The van der Waals surface area contributed by atoms with Crippen LogP contribution in [0.2, 0.25) is 0 Å². The molecule has 4 heteroatoms. The molecule has 4 nitrogen and oxygen atoms in total. The molecule has 100 valence electrons. The summed E-state index contributed by atoms with van der Waals surface area (Å²) < 4.78 is 5.61. The molecule has 0 spiro atoms. The van der Waals surface area contributed by atoms with Crippen LogP contribution in [0.5, 0.6) is 5.75 Å². The van der Waals surface area contributed by atoms with Crippen molar-refractivity contribution < 1.29 is 9.53 Å². The van der Waals surface area contributed by atoms with Gasteiger partial charge in [0.15, 0.2) is 0 Å². The molecule has 1 amide bonds. The van der Waals surface area contributed by atoms with Crippen molar-refractivity contribution in [2.45, 2.75) is 32.2 Å². The number of nitrogens with one attached hydrogen (secondary N) is 1. The fraction of sp³-hybridized carbons (Fsp3) is 0.500. The Hall–Kier alpha value is -1.55. The van der Waals surface area contributed by atoms with E-state index >= 15 is 0 Å². The second kappa shape index (κ2) is 6.40. The van der Waals surface area contributed by atoms with Crippen molar-refractivity contribution in [1.82, 2.24) is 5.32 Å². The van der Waals surface area contributed by atoms with Crippen molar-refractivity contribution >= 4 is 5.91 Å². The average Bonchev–Trinajstić information content (AvgIpc) is 2.39. The first-order valence-corrected chi connectivity index (χ1v) is 6.22. The van der Waals surface area contributed by atoms with Gasteiger partial charge in [-0.25, -0.2) is 0 Å². The maximum absolute atomic E-state index is 11.3. The van der Waals surface area contributed by atoms with Gasteiger partial charge in [-0.15, -0.1) is 0 Å². The summed E-state index contributed by atoms with van der Waals surface area (Å²) >= 11 is 0. The third kappa shape index (κ3) is 3.74. The van der Waals surface area contributed by atoms with E-state index in [0.717, 1.165) is 12.2 Å². The number of hydrogen-bond acceptors (Lipinski definition) is 3. The van der Waals surface area contributed by atoms with Gasteiger partial charge in [-0.2, -0.15) is 0 Å². The number of ether oxygens (including phenoxy) is 1. The van der Waals surface area contributed by atoms with Crippen molar-refractivity contribution in [3.63, 3.8) is 0 Å². The van der Waals surface area contributed by atoms with Gasteiger partial charge >= 0.3 is 0 Å². The summed E-state index contributed by atoms with van der Waals surface area (Å²) in [5.74, 6) is 0.449. The number of rotatable bonds is 7. The molecule has 3 N–H and O–H groups in total. The number of benzene rings is 1. The first-order chi connectivity index (χ1) is 8.51. The van der Waals surface area contributed by atoms with Crippen LogP contribution >= 0.6 is 0 Å². The molecule has 0 aliphatic rings. The zero-order valence-corrected chi connectivity index (χ0v) is 11.3. The van der Waals surface area contributed by atoms with E-state index in [4.69, 9.17) is 10.5 Å². The number of carbonyl (C=O) groups excluding carboxylic acids is 1. The lowest BCUT2D eigenvalue weighted by Gasteiger charge is -2.25. The Balaban J connectivity index is 2.47. The van der Waals surface area contributed by atoms with Crippen LogP contribution in [0.15, 0.2) is 24.3 Å². The summed E-state index contributed by atoms with van der Waals surface area (Å²) in [4.78, 5) is 11.3. The van der Waals surface area contributed by atoms with Crippen LogP contribution in [0.4, 0.5) is 0 Å². The molecule has 1 aromatic rings. The number of hydrogen-bond donors (Lipinski definition) is 2. The Morgan fingerprint density at radius 2 is 2.00 bits per heavy atom. The molecule has 0 saturated heterocycles. The second-order valence-corrected chi connectivity index (χ2v) is 4.54. The number of aryl methyl sites for hydroxylation is 1. The predicted molar refractivity (Wildman–Crippen MR) is 72.6 cm³/mol. The molecule has 1 unspecified atom stereocenters. The lowest BCUT2D eigenvalue weighted by Crippen LogP contribution is -2.52. The minimum atomic E-state index is -0.719. The fourth-order valence-corrected chi connectivity index (χ4v) is 1.57. The monoisotopic (exact) mass is 250 g/mol. The predicted octanol–water partition coefficient (Wildman–Crippen LogP) is 1.48. The standard InChI is InChI=1S/C14H22N2O2/c1-4-11-5-7-12(8-6-11)18-10-9-14(2,16-3)13(15)17/h5-8,16H,4,9-10H2,1-3H3,(H2,15,17). The van der Waals surface area contributed by atoms with Gasteiger partial charge in [-0.05, 0) is 38.1 Å². The number of amides is 1. The molecule has 0 radical (unpaired) electrons. The number of nitrogens with two attached hydrogens (primary N) is 1. The van der Waals surface area contributed by atoms with Crippen LogP contribution in [0.1, 0.15) is 25.8 Å². The highest BCUT2D eigenvalue weighted by atomic mass is 16.5. The van der Waals surface area contributed by atoms with Gasteiger partial charge in [-0.3, -0.25) is 4.79 Å². The van der Waals surface area contributed by atoms with Gasteiger partial charge in [0.2, 0.25) is 5.91 Å². The summed E-state index contributed by atoms with van der Waals surface area (Å²) in [5.41, 5.74) is 5.90. The average molecular weight is 250 g/mol. The van der Waals surface area contributed by atoms with Crippen LogP contribution < -0.4 is 15.8 Å². The number of carbonyl (C=O) groups is 1. The lowest BCUT2D eigenvalue weighted by molar-refractivity contribution is -0.124. The van der Waals surface area contributed by atoms with E-state index in [9.17, 15) is 4.79 Å². The first kappa shape index (κ1) is 14.5. The third-order valence-electron chi connectivity index (χ3n) is 3.30. The van der Waals surface area contributed by atoms with E-state index in [0.29, 0.717) is 13.0 Å². The minimum Gasteiger partial charge on any atom is -0.494 e. The highest BCUT2D eigenvalue weighted by molar-refractivity contribution is 5.84. The molecule has 0 heterocycles. The van der Waals surface area contributed by atoms with E-state index in [1.165, 1.54) is 5.56 Å². The summed E-state index contributed by atoms with van der Waals surface area (Å²) in [6.45, 7) is 4.34. The number of likely N-dealkylation sites (N-methyl/N-ethyl adjacent to an activating group) is 1. The van der Waals surface area contributed by atoms with Crippen molar-refractivity contribution in [3.05, 3.63) is 29.8 Å². The van der Waals surface area contributed by atoms with Gasteiger partial charge < -0.3 is 15.8 Å². The lowest BCUT2D eigenvalue weighted by atomic mass is 9.98. The Labute approximate surface area is 109 Å². The highest BCUT2D eigenvalue weighted by Gasteiger charge is 2.28. The Morgan fingerprint density at radius 3 is 2.44 bits per heavy atom. The van der Waals surface area contributed by atoms with Gasteiger partial charge in [0, 0.05) is 6.42 Å². The number of primary amides is 1. The molecule has 1 aromatic carbocycles. The third-order valence-corrected chi connectivity index (χ3v) is 3.30. The molecular weight excluding hydrogens is 228 g/mol. The quantitative estimate of drug-likeness (QED) is 0.770. The highest BCUT2D eigenvalue weighted by Crippen LogP contribution is 2.15. The SMILES string of the molecule is CCc1ccc(OCCC(C)(NC)C(N)=O)cc1.